The number of carbonyl (C=O) groups is 2. The monoisotopic (exact) mass is 403 g/mol. The van der Waals surface area contributed by atoms with Gasteiger partial charge in [-0.15, -0.1) is 0 Å². The lowest BCUT2D eigenvalue weighted by Crippen LogP contribution is -2.58. The zero-order chi connectivity index (χ0) is 21.8. The first-order chi connectivity index (χ1) is 13.4. The number of carbonyl (C=O) groups excluding carboxylic acids is 2. The van der Waals surface area contributed by atoms with Crippen LogP contribution in [0.1, 0.15) is 41.5 Å². The molecule has 0 radical (unpaired) electrons. The number of nitrogens with one attached hydrogen (secondary N) is 3. The molecular formula is C21H29N3O5. The molecule has 2 rings (SSSR count). The maximum atomic E-state index is 12.6. The quantitative estimate of drug-likeness (QED) is 0.657. The van der Waals surface area contributed by atoms with Crippen molar-refractivity contribution in [2.75, 3.05) is 11.9 Å². The first kappa shape index (κ1) is 22.3. The van der Waals surface area contributed by atoms with Gasteiger partial charge in [0.05, 0.1) is 5.54 Å². The van der Waals surface area contributed by atoms with Crippen LogP contribution in [0, 0.1) is 5.92 Å². The Kier molecular flexibility index (Phi) is 6.56. The fourth-order valence-electron chi connectivity index (χ4n) is 2.53. The summed E-state index contributed by atoms with van der Waals surface area (Å²) in [5.74, 6) is 0.0362. The molecule has 0 saturated heterocycles. The second-order valence-corrected chi connectivity index (χ2v) is 8.51. The van der Waals surface area contributed by atoms with Crippen LogP contribution in [0.15, 0.2) is 39.5 Å². The van der Waals surface area contributed by atoms with Crippen molar-refractivity contribution in [1.82, 2.24) is 10.6 Å². The number of ether oxygens (including phenoxy) is 1. The van der Waals surface area contributed by atoms with E-state index >= 15 is 0 Å². The van der Waals surface area contributed by atoms with Gasteiger partial charge >= 0.3 is 17.7 Å². The molecule has 0 aliphatic carbocycles. The number of anilines is 1. The van der Waals surface area contributed by atoms with Crippen molar-refractivity contribution in [3.8, 4) is 0 Å². The summed E-state index contributed by atoms with van der Waals surface area (Å²) < 4.78 is 10.3. The van der Waals surface area contributed by atoms with Gasteiger partial charge in [-0.1, -0.05) is 13.8 Å². The number of rotatable bonds is 5. The minimum atomic E-state index is -0.704. The van der Waals surface area contributed by atoms with Crippen molar-refractivity contribution in [1.29, 1.82) is 0 Å². The molecule has 29 heavy (non-hydrogen) atoms. The molecule has 0 aliphatic rings. The molecule has 0 fully saturated rings. The van der Waals surface area contributed by atoms with Crippen LogP contribution in [0.4, 0.5) is 15.3 Å². The maximum Gasteiger partial charge on any atom is 0.407 e. The van der Waals surface area contributed by atoms with Gasteiger partial charge in [-0.05, 0) is 57.9 Å². The maximum absolute atomic E-state index is 12.6. The molecule has 0 bridgehead atoms. The van der Waals surface area contributed by atoms with E-state index in [0.717, 1.165) is 0 Å². The predicted molar refractivity (Wildman–Crippen MR) is 112 cm³/mol. The summed E-state index contributed by atoms with van der Waals surface area (Å²) in [7, 11) is 0. The van der Waals surface area contributed by atoms with Gasteiger partial charge in [-0.25, -0.2) is 14.4 Å². The Morgan fingerprint density at radius 3 is 2.41 bits per heavy atom. The average molecular weight is 403 g/mol. The van der Waals surface area contributed by atoms with Gasteiger partial charge in [0.15, 0.2) is 0 Å². The highest BCUT2D eigenvalue weighted by molar-refractivity contribution is 5.92. The number of hydrogen-bond donors (Lipinski definition) is 3. The smallest absolute Gasteiger partial charge is 0.407 e. The molecule has 1 unspecified atom stereocenters. The van der Waals surface area contributed by atoms with E-state index in [4.69, 9.17) is 9.15 Å². The van der Waals surface area contributed by atoms with Crippen molar-refractivity contribution in [3.63, 3.8) is 0 Å². The standard InChI is InChI=1S/C21H29N3O5/c1-13(2)21(6,12-22-19(27)29-20(3,4)5)24-18(26)23-15-8-9-16-14(11-15)7-10-17(25)28-16/h7-11,13H,12H2,1-6H3,(H,22,27)(H2,23,24,26). The van der Waals surface area contributed by atoms with Crippen LogP contribution in [-0.2, 0) is 4.74 Å². The molecular weight excluding hydrogens is 374 g/mol. The number of benzene rings is 1. The minimum Gasteiger partial charge on any atom is -0.444 e. The minimum absolute atomic E-state index is 0.0362. The zero-order valence-corrected chi connectivity index (χ0v) is 17.7. The lowest BCUT2D eigenvalue weighted by molar-refractivity contribution is 0.0505. The van der Waals surface area contributed by atoms with E-state index in [9.17, 15) is 14.4 Å². The van der Waals surface area contributed by atoms with Crippen molar-refractivity contribution < 1.29 is 18.7 Å². The molecule has 1 atom stereocenters. The fraction of sp³-hybridized carbons (Fsp3) is 0.476. The van der Waals surface area contributed by atoms with Crippen molar-refractivity contribution in [2.45, 2.75) is 52.7 Å². The first-order valence-electron chi connectivity index (χ1n) is 9.48. The Bertz CT molecular complexity index is 945. The van der Waals surface area contributed by atoms with Crippen molar-refractivity contribution >= 4 is 28.8 Å². The molecule has 1 heterocycles. The number of hydrogen-bond acceptors (Lipinski definition) is 5. The second kappa shape index (κ2) is 8.55. The van der Waals surface area contributed by atoms with Crippen LogP contribution in [0.2, 0.25) is 0 Å². The molecule has 158 valence electrons. The highest BCUT2D eigenvalue weighted by Crippen LogP contribution is 2.19. The molecule has 3 N–H and O–H groups in total. The molecule has 1 aromatic heterocycles. The van der Waals surface area contributed by atoms with E-state index in [0.29, 0.717) is 16.7 Å². The third-order valence-corrected chi connectivity index (χ3v) is 4.55. The highest BCUT2D eigenvalue weighted by Gasteiger charge is 2.31. The van der Waals surface area contributed by atoms with Crippen LogP contribution >= 0.6 is 0 Å². The van der Waals surface area contributed by atoms with Gasteiger partial charge in [-0.2, -0.15) is 0 Å². The van der Waals surface area contributed by atoms with Gasteiger partial charge in [0, 0.05) is 23.7 Å². The Hall–Kier alpha value is -3.03. The SMILES string of the molecule is CC(C)C(C)(CNC(=O)OC(C)(C)C)NC(=O)Nc1ccc2oc(=O)ccc2c1. The van der Waals surface area contributed by atoms with Crippen LogP contribution in [0.25, 0.3) is 11.0 Å². The van der Waals surface area contributed by atoms with Gasteiger partial charge in [0.1, 0.15) is 11.2 Å². The molecule has 8 nitrogen and oxygen atoms in total. The largest absolute Gasteiger partial charge is 0.444 e. The summed E-state index contributed by atoms with van der Waals surface area (Å²) in [5.41, 5.74) is -0.739. The van der Waals surface area contributed by atoms with E-state index in [1.54, 1.807) is 45.0 Å². The molecule has 0 aliphatic heterocycles. The van der Waals surface area contributed by atoms with Crippen molar-refractivity contribution in [2.24, 2.45) is 5.92 Å². The second-order valence-electron chi connectivity index (χ2n) is 8.51. The lowest BCUT2D eigenvalue weighted by atomic mass is 9.88. The summed E-state index contributed by atoms with van der Waals surface area (Å²) in [4.78, 5) is 35.8. The summed E-state index contributed by atoms with van der Waals surface area (Å²) in [6, 6.07) is 7.53. The van der Waals surface area contributed by atoms with E-state index in [-0.39, 0.29) is 12.5 Å². The van der Waals surface area contributed by atoms with Gasteiger partial charge in [0.25, 0.3) is 0 Å². The normalized spacial score (nSPS) is 13.6. The number of alkyl carbamates (subject to hydrolysis) is 1. The van der Waals surface area contributed by atoms with E-state index < -0.39 is 28.9 Å². The topological polar surface area (TPSA) is 110 Å². The number of fused-ring (bicyclic) bond motifs is 1. The Balaban J connectivity index is 2.04. The molecule has 2 aromatic rings. The number of urea groups is 1. The van der Waals surface area contributed by atoms with Gasteiger partial charge in [0.2, 0.25) is 0 Å². The molecule has 0 saturated carbocycles. The third kappa shape index (κ3) is 6.51. The summed E-state index contributed by atoms with van der Waals surface area (Å²) in [6.07, 6.45) is -0.539. The van der Waals surface area contributed by atoms with Gasteiger partial charge < -0.3 is 25.1 Å². The first-order valence-corrected chi connectivity index (χ1v) is 9.48. The fourth-order valence-corrected chi connectivity index (χ4v) is 2.53. The molecule has 3 amide bonds. The third-order valence-electron chi connectivity index (χ3n) is 4.55. The average Bonchev–Trinajstić information content (AvgIpc) is 2.58. The summed E-state index contributed by atoms with van der Waals surface area (Å²) in [5, 5.41) is 9.10. The summed E-state index contributed by atoms with van der Waals surface area (Å²) >= 11 is 0. The van der Waals surface area contributed by atoms with E-state index in [1.165, 1.54) is 6.07 Å². The summed E-state index contributed by atoms with van der Waals surface area (Å²) in [6.45, 7) is 11.3. The van der Waals surface area contributed by atoms with Crippen LogP contribution in [-0.4, -0.2) is 29.8 Å². The predicted octanol–water partition coefficient (Wildman–Crippen LogP) is 3.85. The van der Waals surface area contributed by atoms with Crippen LogP contribution in [0.5, 0.6) is 0 Å². The van der Waals surface area contributed by atoms with E-state index in [2.05, 4.69) is 16.0 Å². The zero-order valence-electron chi connectivity index (χ0n) is 17.7. The van der Waals surface area contributed by atoms with Crippen molar-refractivity contribution in [3.05, 3.63) is 40.8 Å². The molecule has 0 spiro atoms. The Morgan fingerprint density at radius 2 is 1.79 bits per heavy atom. The highest BCUT2D eigenvalue weighted by atomic mass is 16.6. The van der Waals surface area contributed by atoms with Crippen LogP contribution < -0.4 is 21.6 Å². The molecule has 1 aromatic carbocycles. The molecule has 8 heteroatoms. The Morgan fingerprint density at radius 1 is 1.10 bits per heavy atom. The lowest BCUT2D eigenvalue weighted by Gasteiger charge is -2.35. The van der Waals surface area contributed by atoms with E-state index in [1.807, 2.05) is 20.8 Å². The van der Waals surface area contributed by atoms with Crippen LogP contribution in [0.3, 0.4) is 0 Å². The van der Waals surface area contributed by atoms with Gasteiger partial charge in [-0.3, -0.25) is 0 Å². The Labute approximate surface area is 170 Å². The number of amides is 3.